The second kappa shape index (κ2) is 4.41. The van der Waals surface area contributed by atoms with Gasteiger partial charge in [-0.15, -0.1) is 12.6 Å². The zero-order chi connectivity index (χ0) is 9.84. The SMILES string of the molecule is O=C(S)c1cccc(CO)c1CO. The van der Waals surface area contributed by atoms with Gasteiger partial charge >= 0.3 is 0 Å². The molecule has 0 spiro atoms. The lowest BCUT2D eigenvalue weighted by Crippen LogP contribution is -2.02. The number of aliphatic hydroxyl groups excluding tert-OH is 2. The van der Waals surface area contributed by atoms with Crippen LogP contribution in [-0.2, 0) is 13.2 Å². The second-order valence-corrected chi connectivity index (χ2v) is 2.97. The van der Waals surface area contributed by atoms with Crippen LogP contribution in [0.1, 0.15) is 21.5 Å². The summed E-state index contributed by atoms with van der Waals surface area (Å²) in [4.78, 5) is 11.0. The van der Waals surface area contributed by atoms with Crippen LogP contribution in [0.5, 0.6) is 0 Å². The van der Waals surface area contributed by atoms with Crippen LogP contribution in [0.15, 0.2) is 18.2 Å². The Balaban J connectivity index is 3.27. The summed E-state index contributed by atoms with van der Waals surface area (Å²) in [7, 11) is 0. The highest BCUT2D eigenvalue weighted by atomic mass is 32.1. The summed E-state index contributed by atoms with van der Waals surface area (Å²) in [6, 6.07) is 4.87. The van der Waals surface area contributed by atoms with Crippen LogP contribution in [0.3, 0.4) is 0 Å². The quantitative estimate of drug-likeness (QED) is 0.628. The summed E-state index contributed by atoms with van der Waals surface area (Å²) in [6.07, 6.45) is 0. The lowest BCUT2D eigenvalue weighted by atomic mass is 10.0. The molecule has 0 radical (unpaired) electrons. The number of hydrogen-bond acceptors (Lipinski definition) is 3. The first kappa shape index (κ1) is 10.2. The van der Waals surface area contributed by atoms with Crippen LogP contribution < -0.4 is 0 Å². The van der Waals surface area contributed by atoms with Crippen molar-refractivity contribution in [1.82, 2.24) is 0 Å². The molecule has 1 aromatic carbocycles. The van der Waals surface area contributed by atoms with Crippen molar-refractivity contribution in [3.63, 3.8) is 0 Å². The Hall–Kier alpha value is -0.840. The van der Waals surface area contributed by atoms with Crippen molar-refractivity contribution in [1.29, 1.82) is 0 Å². The number of rotatable bonds is 3. The molecule has 1 rings (SSSR count). The minimum absolute atomic E-state index is 0.190. The fourth-order valence-corrected chi connectivity index (χ4v) is 1.38. The first-order chi connectivity index (χ1) is 6.20. The minimum Gasteiger partial charge on any atom is -0.392 e. The van der Waals surface area contributed by atoms with Gasteiger partial charge in [0.05, 0.1) is 13.2 Å². The van der Waals surface area contributed by atoms with E-state index in [4.69, 9.17) is 10.2 Å². The van der Waals surface area contributed by atoms with Crippen LogP contribution in [0, 0.1) is 0 Å². The van der Waals surface area contributed by atoms with Gasteiger partial charge in [0.25, 0.3) is 0 Å². The number of thiol groups is 1. The van der Waals surface area contributed by atoms with Gasteiger partial charge in [0.1, 0.15) is 0 Å². The van der Waals surface area contributed by atoms with E-state index in [9.17, 15) is 4.79 Å². The van der Waals surface area contributed by atoms with E-state index in [1.807, 2.05) is 0 Å². The molecule has 0 atom stereocenters. The van der Waals surface area contributed by atoms with Crippen molar-refractivity contribution < 1.29 is 15.0 Å². The third-order valence-corrected chi connectivity index (χ3v) is 2.07. The Morgan fingerprint density at radius 3 is 2.46 bits per heavy atom. The van der Waals surface area contributed by atoms with E-state index in [0.717, 1.165) is 0 Å². The smallest absolute Gasteiger partial charge is 0.216 e. The normalized spacial score (nSPS) is 10.1. The zero-order valence-corrected chi connectivity index (χ0v) is 7.79. The number of hydrogen-bond donors (Lipinski definition) is 3. The molecule has 0 unspecified atom stereocenters. The molecule has 0 saturated carbocycles. The Bertz CT molecular complexity index is 323. The maximum atomic E-state index is 11.0. The zero-order valence-electron chi connectivity index (χ0n) is 6.90. The van der Waals surface area contributed by atoms with E-state index in [1.54, 1.807) is 18.2 Å². The highest BCUT2D eigenvalue weighted by Gasteiger charge is 2.10. The molecule has 0 aliphatic heterocycles. The van der Waals surface area contributed by atoms with E-state index < -0.39 is 5.12 Å². The molecule has 0 amide bonds. The number of aliphatic hydroxyl groups is 2. The minimum atomic E-state index is -0.403. The highest BCUT2D eigenvalue weighted by molar-refractivity contribution is 7.97. The molecule has 3 nitrogen and oxygen atoms in total. The van der Waals surface area contributed by atoms with E-state index in [1.165, 1.54) is 0 Å². The average Bonchev–Trinajstić information content (AvgIpc) is 2.16. The third kappa shape index (κ3) is 2.09. The van der Waals surface area contributed by atoms with Crippen LogP contribution in [0.4, 0.5) is 0 Å². The first-order valence-corrected chi connectivity index (χ1v) is 4.21. The fraction of sp³-hybridized carbons (Fsp3) is 0.222. The van der Waals surface area contributed by atoms with Crippen molar-refractivity contribution in [2.45, 2.75) is 13.2 Å². The maximum absolute atomic E-state index is 11.0. The van der Waals surface area contributed by atoms with Crippen molar-refractivity contribution in [2.24, 2.45) is 0 Å². The lowest BCUT2D eigenvalue weighted by Gasteiger charge is -2.07. The third-order valence-electron chi connectivity index (χ3n) is 1.83. The summed E-state index contributed by atoms with van der Waals surface area (Å²) in [5, 5.41) is 17.5. The van der Waals surface area contributed by atoms with Gasteiger partial charge in [0.2, 0.25) is 5.12 Å². The van der Waals surface area contributed by atoms with Crippen molar-refractivity contribution in [3.05, 3.63) is 34.9 Å². The molecule has 0 saturated heterocycles. The van der Waals surface area contributed by atoms with Gasteiger partial charge in [-0.2, -0.15) is 0 Å². The van der Waals surface area contributed by atoms with E-state index in [0.29, 0.717) is 16.7 Å². The van der Waals surface area contributed by atoms with Gasteiger partial charge in [-0.1, -0.05) is 18.2 Å². The second-order valence-electron chi connectivity index (χ2n) is 2.56. The van der Waals surface area contributed by atoms with Crippen LogP contribution in [0.25, 0.3) is 0 Å². The Morgan fingerprint density at radius 1 is 1.31 bits per heavy atom. The first-order valence-electron chi connectivity index (χ1n) is 3.76. The predicted molar refractivity (Wildman–Crippen MR) is 51.6 cm³/mol. The lowest BCUT2D eigenvalue weighted by molar-refractivity contribution is 0.108. The molecule has 0 aliphatic rings. The summed E-state index contributed by atoms with van der Waals surface area (Å²) >= 11 is 3.67. The number of carbonyl (C=O) groups is 1. The van der Waals surface area contributed by atoms with Gasteiger partial charge in [-0.25, -0.2) is 0 Å². The number of benzene rings is 1. The van der Waals surface area contributed by atoms with Crippen LogP contribution in [-0.4, -0.2) is 15.3 Å². The summed E-state index contributed by atoms with van der Waals surface area (Å²) < 4.78 is 0. The van der Waals surface area contributed by atoms with Gasteiger partial charge in [0.15, 0.2) is 0 Å². The van der Waals surface area contributed by atoms with E-state index in [-0.39, 0.29) is 13.2 Å². The average molecular weight is 198 g/mol. The van der Waals surface area contributed by atoms with Crippen LogP contribution >= 0.6 is 12.6 Å². The van der Waals surface area contributed by atoms with E-state index in [2.05, 4.69) is 12.6 Å². The van der Waals surface area contributed by atoms with Gasteiger partial charge in [-0.05, 0) is 11.1 Å². The molecule has 13 heavy (non-hydrogen) atoms. The largest absolute Gasteiger partial charge is 0.392 e. The fourth-order valence-electron chi connectivity index (χ4n) is 1.17. The van der Waals surface area contributed by atoms with Crippen molar-refractivity contribution in [3.8, 4) is 0 Å². The van der Waals surface area contributed by atoms with E-state index >= 15 is 0 Å². The standard InChI is InChI=1S/C9H10O3S/c10-4-6-2-1-3-7(9(12)13)8(6)5-11/h1-3,10-11H,4-5H2,(H,12,13). The molecule has 4 heteroatoms. The van der Waals surface area contributed by atoms with Crippen LogP contribution in [0.2, 0.25) is 0 Å². The summed E-state index contributed by atoms with van der Waals surface area (Å²) in [6.45, 7) is -0.455. The molecule has 0 bridgehead atoms. The number of carbonyl (C=O) groups excluding carboxylic acids is 1. The molecule has 0 aliphatic carbocycles. The highest BCUT2D eigenvalue weighted by Crippen LogP contribution is 2.16. The van der Waals surface area contributed by atoms with Crippen molar-refractivity contribution in [2.75, 3.05) is 0 Å². The maximum Gasteiger partial charge on any atom is 0.216 e. The molecule has 70 valence electrons. The molecule has 0 aromatic heterocycles. The van der Waals surface area contributed by atoms with Gasteiger partial charge in [-0.3, -0.25) is 4.79 Å². The molecule has 0 fully saturated rings. The Labute approximate surface area is 81.4 Å². The molecule has 0 heterocycles. The Kier molecular flexibility index (Phi) is 3.48. The predicted octanol–water partition coefficient (Wildman–Crippen LogP) is 0.741. The molecule has 1 aromatic rings. The summed E-state index contributed by atoms with van der Waals surface area (Å²) in [5.41, 5.74) is 1.35. The molecule has 2 N–H and O–H groups in total. The monoisotopic (exact) mass is 198 g/mol. The van der Waals surface area contributed by atoms with Gasteiger partial charge in [0, 0.05) is 5.56 Å². The van der Waals surface area contributed by atoms with Crippen molar-refractivity contribution >= 4 is 17.7 Å². The Morgan fingerprint density at radius 2 is 2.00 bits per heavy atom. The topological polar surface area (TPSA) is 57.5 Å². The molecular weight excluding hydrogens is 188 g/mol. The van der Waals surface area contributed by atoms with Gasteiger partial charge < -0.3 is 10.2 Å². The summed E-state index contributed by atoms with van der Waals surface area (Å²) in [5.74, 6) is 0. The molecular formula is C9H10O3S.